The molecule has 2 heterocycles. The van der Waals surface area contributed by atoms with E-state index in [4.69, 9.17) is 18.9 Å². The molecule has 1 aromatic rings. The summed E-state index contributed by atoms with van der Waals surface area (Å²) in [6.45, 7) is 0. The van der Waals surface area contributed by atoms with Crippen molar-refractivity contribution in [1.82, 2.24) is 0 Å². The van der Waals surface area contributed by atoms with Gasteiger partial charge in [-0.25, -0.2) is 9.59 Å². The predicted molar refractivity (Wildman–Crippen MR) is 73.2 cm³/mol. The molecular formula is C16H16O6. The van der Waals surface area contributed by atoms with E-state index in [2.05, 4.69) is 0 Å². The summed E-state index contributed by atoms with van der Waals surface area (Å²) >= 11 is 0. The van der Waals surface area contributed by atoms with Gasteiger partial charge in [0, 0.05) is 6.42 Å². The lowest BCUT2D eigenvalue weighted by Gasteiger charge is -2.04. The summed E-state index contributed by atoms with van der Waals surface area (Å²) in [4.78, 5) is 21.2. The van der Waals surface area contributed by atoms with Gasteiger partial charge in [-0.1, -0.05) is 24.3 Å². The quantitative estimate of drug-likeness (QED) is 0.686. The van der Waals surface area contributed by atoms with Crippen LogP contribution in [0.4, 0.5) is 9.59 Å². The number of carbonyl (C=O) groups excluding carboxylic acids is 2. The van der Waals surface area contributed by atoms with E-state index in [-0.39, 0.29) is 24.4 Å². The monoisotopic (exact) mass is 304 g/mol. The first kappa shape index (κ1) is 13.4. The van der Waals surface area contributed by atoms with E-state index in [1.807, 2.05) is 24.3 Å². The van der Waals surface area contributed by atoms with Crippen molar-refractivity contribution in [3.05, 3.63) is 35.4 Å². The highest BCUT2D eigenvalue weighted by Gasteiger charge is 2.43. The van der Waals surface area contributed by atoms with Crippen LogP contribution in [-0.4, -0.2) is 30.6 Å². The number of hydrogen-bond donors (Lipinski definition) is 0. The van der Waals surface area contributed by atoms with Crippen molar-refractivity contribution in [3.8, 4) is 0 Å². The van der Waals surface area contributed by atoms with Crippen molar-refractivity contribution in [2.24, 2.45) is 0 Å². The van der Waals surface area contributed by atoms with E-state index >= 15 is 0 Å². The Bertz CT molecular complexity index is 598. The first-order chi connectivity index (χ1) is 10.7. The van der Waals surface area contributed by atoms with Crippen LogP contribution in [0.2, 0.25) is 0 Å². The van der Waals surface area contributed by atoms with Gasteiger partial charge in [0.25, 0.3) is 0 Å². The van der Waals surface area contributed by atoms with Crippen molar-refractivity contribution in [2.75, 3.05) is 0 Å². The molecule has 2 aliphatic carbocycles. The summed E-state index contributed by atoms with van der Waals surface area (Å²) in [7, 11) is 0. The van der Waals surface area contributed by atoms with Crippen LogP contribution in [0.3, 0.4) is 0 Å². The number of hydrogen-bond acceptors (Lipinski definition) is 6. The molecule has 0 radical (unpaired) electrons. The van der Waals surface area contributed by atoms with Crippen LogP contribution in [-0.2, 0) is 25.4 Å². The standard InChI is InChI=1S/C10H8O3.C6H8O3/c11-10-12-8-5-6-3-1-2-4-7(6)9(8)13-10;7-6-8-4-2-1-3-5(4)9-6/h1-4,8-9H,5H2;4-5H,1-3H2. The fourth-order valence-corrected chi connectivity index (χ4v) is 3.46. The molecule has 1 aromatic carbocycles. The Morgan fingerprint density at radius 1 is 0.818 bits per heavy atom. The Hall–Kier alpha value is -2.24. The Balaban J connectivity index is 0.000000122. The minimum atomic E-state index is -0.537. The summed E-state index contributed by atoms with van der Waals surface area (Å²) in [6.07, 6.45) is 2.76. The third-order valence-corrected chi connectivity index (χ3v) is 4.48. The lowest BCUT2D eigenvalue weighted by atomic mass is 10.1. The fourth-order valence-electron chi connectivity index (χ4n) is 3.46. The summed E-state index contributed by atoms with van der Waals surface area (Å²) in [5.41, 5.74) is 2.32. The average molecular weight is 304 g/mol. The van der Waals surface area contributed by atoms with E-state index in [1.54, 1.807) is 0 Å². The van der Waals surface area contributed by atoms with Gasteiger partial charge in [0.15, 0.2) is 12.2 Å². The summed E-state index contributed by atoms with van der Waals surface area (Å²) in [6, 6.07) is 7.97. The molecule has 6 nitrogen and oxygen atoms in total. The van der Waals surface area contributed by atoms with Gasteiger partial charge in [-0.2, -0.15) is 0 Å². The Morgan fingerprint density at radius 3 is 2.23 bits per heavy atom. The van der Waals surface area contributed by atoms with Crippen LogP contribution in [0.15, 0.2) is 24.3 Å². The van der Waals surface area contributed by atoms with Gasteiger partial charge >= 0.3 is 12.3 Å². The molecule has 4 atom stereocenters. The molecule has 4 unspecified atom stereocenters. The molecule has 0 spiro atoms. The Kier molecular flexibility index (Phi) is 3.17. The minimum Gasteiger partial charge on any atom is -0.427 e. The highest BCUT2D eigenvalue weighted by Crippen LogP contribution is 2.40. The summed E-state index contributed by atoms with van der Waals surface area (Å²) in [5, 5.41) is 0. The van der Waals surface area contributed by atoms with Crippen LogP contribution in [0.5, 0.6) is 0 Å². The zero-order chi connectivity index (χ0) is 15.1. The van der Waals surface area contributed by atoms with Crippen LogP contribution < -0.4 is 0 Å². The highest BCUT2D eigenvalue weighted by atomic mass is 16.8. The molecule has 116 valence electrons. The SMILES string of the molecule is O=C1OC2CCCC2O1.O=C1OC2Cc3ccccc3C2O1. The zero-order valence-electron chi connectivity index (χ0n) is 11.9. The van der Waals surface area contributed by atoms with Crippen LogP contribution in [0, 0.1) is 0 Å². The molecular weight excluding hydrogens is 288 g/mol. The lowest BCUT2D eigenvalue weighted by molar-refractivity contribution is 0.109. The third-order valence-electron chi connectivity index (χ3n) is 4.48. The molecule has 3 fully saturated rings. The average Bonchev–Trinajstić information content (AvgIpc) is 3.19. The van der Waals surface area contributed by atoms with Gasteiger partial charge in [0.2, 0.25) is 0 Å². The van der Waals surface area contributed by atoms with Crippen LogP contribution >= 0.6 is 0 Å². The number of carbonyl (C=O) groups is 2. The first-order valence-corrected chi connectivity index (χ1v) is 7.53. The van der Waals surface area contributed by atoms with Gasteiger partial charge in [0.1, 0.15) is 12.2 Å². The molecule has 6 heteroatoms. The van der Waals surface area contributed by atoms with Gasteiger partial charge in [-0.05, 0) is 30.4 Å². The molecule has 2 aliphatic heterocycles. The molecule has 4 aliphatic rings. The number of fused-ring (bicyclic) bond motifs is 4. The van der Waals surface area contributed by atoms with E-state index in [1.165, 1.54) is 5.56 Å². The molecule has 22 heavy (non-hydrogen) atoms. The third kappa shape index (κ3) is 2.28. The maximum Gasteiger partial charge on any atom is 0.509 e. The van der Waals surface area contributed by atoms with E-state index in [0.29, 0.717) is 0 Å². The number of benzene rings is 1. The van der Waals surface area contributed by atoms with Crippen molar-refractivity contribution in [3.63, 3.8) is 0 Å². The van der Waals surface area contributed by atoms with Crippen LogP contribution in [0.25, 0.3) is 0 Å². The van der Waals surface area contributed by atoms with Gasteiger partial charge < -0.3 is 18.9 Å². The van der Waals surface area contributed by atoms with Crippen molar-refractivity contribution in [1.29, 1.82) is 0 Å². The smallest absolute Gasteiger partial charge is 0.427 e. The molecule has 0 aromatic heterocycles. The second kappa shape index (κ2) is 5.19. The fraction of sp³-hybridized carbons (Fsp3) is 0.500. The second-order valence-electron chi connectivity index (χ2n) is 5.84. The highest BCUT2D eigenvalue weighted by molar-refractivity contribution is 5.64. The lowest BCUT2D eigenvalue weighted by Crippen LogP contribution is -2.13. The maximum absolute atomic E-state index is 10.8. The van der Waals surface area contributed by atoms with E-state index in [0.717, 1.165) is 31.2 Å². The Labute approximate surface area is 127 Å². The zero-order valence-corrected chi connectivity index (χ0v) is 11.9. The normalized spacial score (nSPS) is 33.5. The van der Waals surface area contributed by atoms with Gasteiger partial charge in [0.05, 0.1) is 0 Å². The van der Waals surface area contributed by atoms with Gasteiger partial charge in [-0.3, -0.25) is 0 Å². The second-order valence-corrected chi connectivity index (χ2v) is 5.84. The molecule has 0 N–H and O–H groups in total. The van der Waals surface area contributed by atoms with E-state index in [9.17, 15) is 9.59 Å². The molecule has 5 rings (SSSR count). The summed E-state index contributed by atoms with van der Waals surface area (Å²) < 4.78 is 19.7. The minimum absolute atomic E-state index is 0.0810. The predicted octanol–water partition coefficient (Wildman–Crippen LogP) is 2.89. The van der Waals surface area contributed by atoms with Crippen molar-refractivity contribution in [2.45, 2.75) is 50.1 Å². The first-order valence-electron chi connectivity index (χ1n) is 7.53. The largest absolute Gasteiger partial charge is 0.509 e. The molecule has 0 bridgehead atoms. The topological polar surface area (TPSA) is 71.1 Å². The summed E-state index contributed by atoms with van der Waals surface area (Å²) in [5.74, 6) is 0. The van der Waals surface area contributed by atoms with Gasteiger partial charge in [-0.15, -0.1) is 0 Å². The molecule has 2 saturated heterocycles. The van der Waals surface area contributed by atoms with Crippen LogP contribution in [0.1, 0.15) is 36.5 Å². The molecule has 1 saturated carbocycles. The van der Waals surface area contributed by atoms with E-state index < -0.39 is 12.3 Å². The molecule has 0 amide bonds. The van der Waals surface area contributed by atoms with Crippen molar-refractivity contribution < 1.29 is 28.5 Å². The number of ether oxygens (including phenoxy) is 4. The van der Waals surface area contributed by atoms with Crippen molar-refractivity contribution >= 4 is 12.3 Å². The maximum atomic E-state index is 10.8. The number of rotatable bonds is 0. The Morgan fingerprint density at radius 2 is 1.45 bits per heavy atom.